The fraction of sp³-hybridized carbons (Fsp3) is 0.265. The summed E-state index contributed by atoms with van der Waals surface area (Å²) in [7, 11) is 0. The zero-order chi connectivity index (χ0) is 32.1. The third-order valence-corrected chi connectivity index (χ3v) is 9.53. The number of carbonyl (C=O) groups excluding carboxylic acids is 1. The molecule has 45 heavy (non-hydrogen) atoms. The molecule has 0 aliphatic carbocycles. The van der Waals surface area contributed by atoms with Crippen LogP contribution in [0.1, 0.15) is 50.4 Å². The van der Waals surface area contributed by atoms with Crippen molar-refractivity contribution >= 4 is 68.6 Å². The first-order valence-electron chi connectivity index (χ1n) is 14.5. The third kappa shape index (κ3) is 7.30. The Labute approximate surface area is 292 Å². The normalized spacial score (nSPS) is 14.5. The van der Waals surface area contributed by atoms with Gasteiger partial charge in [0.25, 0.3) is 5.56 Å². The molecule has 1 atom stereocenters. The number of esters is 1. The van der Waals surface area contributed by atoms with Crippen LogP contribution in [0.3, 0.4) is 0 Å². The van der Waals surface area contributed by atoms with Crippen molar-refractivity contribution in [3.8, 4) is 17.2 Å². The van der Waals surface area contributed by atoms with Gasteiger partial charge in [-0.2, -0.15) is 0 Å². The predicted molar refractivity (Wildman–Crippen MR) is 192 cm³/mol. The minimum atomic E-state index is -0.758. The second-order valence-corrected chi connectivity index (χ2v) is 13.3. The highest BCUT2D eigenvalue weighted by Gasteiger charge is 2.34. The molecule has 3 aromatic carbocycles. The van der Waals surface area contributed by atoms with Crippen LogP contribution in [0.5, 0.6) is 17.2 Å². The number of hydrogen-bond acceptors (Lipinski definition) is 8. The number of allylic oxidation sites excluding steroid dienone is 1. The molecule has 234 valence electrons. The maximum atomic E-state index is 14.1. The van der Waals surface area contributed by atoms with Crippen molar-refractivity contribution in [3.05, 3.63) is 115 Å². The number of ether oxygens (including phenoxy) is 4. The Kier molecular flexibility index (Phi) is 11.0. The van der Waals surface area contributed by atoms with Crippen molar-refractivity contribution in [2.45, 2.75) is 40.3 Å². The third-order valence-electron chi connectivity index (χ3n) is 6.94. The number of thiazole rings is 1. The van der Waals surface area contributed by atoms with Gasteiger partial charge < -0.3 is 18.9 Å². The van der Waals surface area contributed by atoms with Gasteiger partial charge in [-0.3, -0.25) is 9.36 Å². The van der Waals surface area contributed by atoms with Crippen molar-refractivity contribution in [1.29, 1.82) is 0 Å². The first kappa shape index (κ1) is 33.2. The second-order valence-electron chi connectivity index (χ2n) is 9.96. The molecule has 1 aromatic heterocycles. The average Bonchev–Trinajstić information content (AvgIpc) is 3.31. The van der Waals surface area contributed by atoms with Gasteiger partial charge in [0.15, 0.2) is 16.3 Å². The number of carbonyl (C=O) groups is 1. The summed E-state index contributed by atoms with van der Waals surface area (Å²) in [5.41, 5.74) is 3.20. The van der Waals surface area contributed by atoms with E-state index in [0.29, 0.717) is 57.5 Å². The first-order valence-corrected chi connectivity index (χ1v) is 17.5. The molecule has 0 N–H and O–H groups in total. The molecule has 0 unspecified atom stereocenters. The molecule has 0 fully saturated rings. The Bertz CT molecular complexity index is 1910. The Hall–Kier alpha value is -3.17. The van der Waals surface area contributed by atoms with Gasteiger partial charge in [0, 0.05) is 0 Å². The molecule has 8 nitrogen and oxygen atoms in total. The van der Waals surface area contributed by atoms with Crippen LogP contribution in [0, 0.1) is 7.14 Å². The topological polar surface area (TPSA) is 88.4 Å². The van der Waals surface area contributed by atoms with Crippen LogP contribution in [0.25, 0.3) is 6.08 Å². The van der Waals surface area contributed by atoms with Crippen molar-refractivity contribution in [1.82, 2.24) is 4.57 Å². The van der Waals surface area contributed by atoms with Gasteiger partial charge in [-0.05, 0) is 120 Å². The van der Waals surface area contributed by atoms with Crippen LogP contribution < -0.4 is 29.1 Å². The maximum Gasteiger partial charge on any atom is 0.338 e. The lowest BCUT2D eigenvalue weighted by Crippen LogP contribution is -2.40. The van der Waals surface area contributed by atoms with Crippen molar-refractivity contribution < 1.29 is 23.7 Å². The molecule has 4 aromatic rings. The van der Waals surface area contributed by atoms with E-state index in [-0.39, 0.29) is 12.2 Å². The lowest BCUT2D eigenvalue weighted by atomic mass is 9.95. The van der Waals surface area contributed by atoms with Crippen LogP contribution in [0.2, 0.25) is 0 Å². The lowest BCUT2D eigenvalue weighted by Gasteiger charge is -2.25. The van der Waals surface area contributed by atoms with Crippen LogP contribution >= 0.6 is 56.5 Å². The summed E-state index contributed by atoms with van der Waals surface area (Å²) in [4.78, 5) is 32.6. The number of halogens is 2. The van der Waals surface area contributed by atoms with E-state index < -0.39 is 12.0 Å². The molecule has 1 aliphatic rings. The quantitative estimate of drug-likeness (QED) is 0.129. The predicted octanol–water partition coefficient (Wildman–Crippen LogP) is 6.38. The molecule has 11 heteroatoms. The molecule has 0 radical (unpaired) electrons. The lowest BCUT2D eigenvalue weighted by molar-refractivity contribution is -0.139. The van der Waals surface area contributed by atoms with Gasteiger partial charge in [0.05, 0.1) is 48.8 Å². The van der Waals surface area contributed by atoms with E-state index >= 15 is 0 Å². The SMILES string of the molecule is CCOC(=O)C1=C(C)N=c2s/c(=C\c3cc(I)c(OCc4ccccc4)c(I)c3)c(=O)n2[C@@H]1c1ccc(OCC)c(OCC)c1. The number of aromatic nitrogens is 1. The molecule has 0 saturated carbocycles. The van der Waals surface area contributed by atoms with E-state index in [9.17, 15) is 9.59 Å². The summed E-state index contributed by atoms with van der Waals surface area (Å²) in [6.07, 6.45) is 1.86. The minimum Gasteiger partial charge on any atom is -0.490 e. The van der Waals surface area contributed by atoms with Gasteiger partial charge in [-0.1, -0.05) is 47.7 Å². The molecule has 0 bridgehead atoms. The van der Waals surface area contributed by atoms with Crippen LogP contribution in [0.4, 0.5) is 0 Å². The number of nitrogens with zero attached hydrogens (tertiary/aromatic N) is 2. The summed E-state index contributed by atoms with van der Waals surface area (Å²) in [5.74, 6) is 1.42. The summed E-state index contributed by atoms with van der Waals surface area (Å²) in [6, 6.07) is 18.7. The van der Waals surface area contributed by atoms with E-state index in [1.807, 2.05) is 80.6 Å². The molecule has 2 heterocycles. The summed E-state index contributed by atoms with van der Waals surface area (Å²) in [5, 5.41) is 0. The highest BCUT2D eigenvalue weighted by molar-refractivity contribution is 14.1. The largest absolute Gasteiger partial charge is 0.490 e. The first-order chi connectivity index (χ1) is 21.7. The molecular formula is C34H32I2N2O6S. The van der Waals surface area contributed by atoms with E-state index in [2.05, 4.69) is 45.2 Å². The van der Waals surface area contributed by atoms with E-state index in [4.69, 9.17) is 23.9 Å². The average molecular weight is 851 g/mol. The van der Waals surface area contributed by atoms with Gasteiger partial charge in [0.1, 0.15) is 12.4 Å². The molecule has 0 spiro atoms. The highest BCUT2D eigenvalue weighted by atomic mass is 127. The van der Waals surface area contributed by atoms with Crippen LogP contribution in [-0.2, 0) is 16.1 Å². The number of fused-ring (bicyclic) bond motifs is 1. The standard InChI is InChI=1S/C34H32I2N2O6S/c1-5-41-26-14-13-23(18-27(26)42-6-2)30-29(33(40)43-7-3)20(4)37-34-38(30)32(39)28(45-34)17-22-15-24(35)31(25(36)16-22)44-19-21-11-9-8-10-12-21/h8-18,30H,5-7,19H2,1-4H3/b28-17-/t30-/m1/s1. The highest BCUT2D eigenvalue weighted by Crippen LogP contribution is 2.36. The smallest absolute Gasteiger partial charge is 0.338 e. The number of hydrogen-bond donors (Lipinski definition) is 0. The van der Waals surface area contributed by atoms with Gasteiger partial charge in [-0.25, -0.2) is 9.79 Å². The van der Waals surface area contributed by atoms with Gasteiger partial charge in [0.2, 0.25) is 0 Å². The van der Waals surface area contributed by atoms with E-state index in [0.717, 1.165) is 24.0 Å². The number of rotatable bonds is 11. The monoisotopic (exact) mass is 850 g/mol. The Balaban J connectivity index is 1.59. The Morgan fingerprint density at radius 2 is 1.62 bits per heavy atom. The summed E-state index contributed by atoms with van der Waals surface area (Å²) < 4.78 is 27.2. The van der Waals surface area contributed by atoms with Gasteiger partial charge >= 0.3 is 5.97 Å². The molecular weight excluding hydrogens is 818 g/mol. The molecule has 1 aliphatic heterocycles. The van der Waals surface area contributed by atoms with Gasteiger partial charge in [-0.15, -0.1) is 0 Å². The molecule has 0 amide bonds. The zero-order valence-electron chi connectivity index (χ0n) is 25.3. The zero-order valence-corrected chi connectivity index (χ0v) is 30.4. The van der Waals surface area contributed by atoms with Crippen molar-refractivity contribution in [2.24, 2.45) is 4.99 Å². The summed E-state index contributed by atoms with van der Waals surface area (Å²) in [6.45, 7) is 8.88. The maximum absolute atomic E-state index is 14.1. The fourth-order valence-electron chi connectivity index (χ4n) is 5.03. The van der Waals surface area contributed by atoms with Crippen molar-refractivity contribution in [2.75, 3.05) is 19.8 Å². The second kappa shape index (κ2) is 14.9. The van der Waals surface area contributed by atoms with Crippen LogP contribution in [-0.4, -0.2) is 30.4 Å². The van der Waals surface area contributed by atoms with E-state index in [1.165, 1.54) is 11.3 Å². The van der Waals surface area contributed by atoms with Crippen molar-refractivity contribution in [3.63, 3.8) is 0 Å². The van der Waals surface area contributed by atoms with E-state index in [1.54, 1.807) is 18.4 Å². The Morgan fingerprint density at radius 1 is 0.933 bits per heavy atom. The summed E-state index contributed by atoms with van der Waals surface area (Å²) >= 11 is 5.81. The Morgan fingerprint density at radius 3 is 2.29 bits per heavy atom. The van der Waals surface area contributed by atoms with Crippen LogP contribution in [0.15, 0.2) is 81.7 Å². The molecule has 0 saturated heterocycles. The fourth-order valence-corrected chi connectivity index (χ4v) is 8.20. The number of benzene rings is 3. The minimum absolute atomic E-state index is 0.197. The molecule has 5 rings (SSSR count).